The van der Waals surface area contributed by atoms with Gasteiger partial charge in [-0.25, -0.2) is 4.79 Å². The van der Waals surface area contributed by atoms with Crippen molar-refractivity contribution < 1.29 is 14.3 Å². The molecule has 0 unspecified atom stereocenters. The van der Waals surface area contributed by atoms with Gasteiger partial charge in [-0.2, -0.15) is 0 Å². The van der Waals surface area contributed by atoms with Crippen molar-refractivity contribution in [3.05, 3.63) is 56.4 Å². The smallest absolute Gasteiger partial charge is 0.339 e. The van der Waals surface area contributed by atoms with Crippen LogP contribution in [-0.2, 0) is 13.1 Å². The van der Waals surface area contributed by atoms with E-state index in [0.717, 1.165) is 4.47 Å². The molecule has 4 nitrogen and oxygen atoms in total. The Hall–Kier alpha value is -1.63. The number of fused-ring (bicyclic) bond motifs is 1. The van der Waals surface area contributed by atoms with E-state index in [9.17, 15) is 9.90 Å². The molecule has 2 aromatic heterocycles. The molecular weight excluding hydrogens is 354 g/mol. The second kappa shape index (κ2) is 6.01. The zero-order chi connectivity index (χ0) is 14.8. The minimum absolute atomic E-state index is 0.239. The van der Waals surface area contributed by atoms with Crippen LogP contribution in [0.3, 0.4) is 0 Å². The van der Waals surface area contributed by atoms with Crippen LogP contribution in [0.4, 0.5) is 0 Å². The molecule has 0 fully saturated rings. The maximum Gasteiger partial charge on any atom is 0.339 e. The van der Waals surface area contributed by atoms with E-state index in [1.165, 1.54) is 4.88 Å². The molecule has 3 aromatic rings. The summed E-state index contributed by atoms with van der Waals surface area (Å²) in [5.74, 6) is -0.509. The van der Waals surface area contributed by atoms with Crippen LogP contribution in [0.15, 0.2) is 44.6 Å². The van der Waals surface area contributed by atoms with E-state index in [1.807, 2.05) is 23.6 Å². The van der Waals surface area contributed by atoms with Crippen molar-refractivity contribution in [2.75, 3.05) is 0 Å². The van der Waals surface area contributed by atoms with E-state index in [4.69, 9.17) is 4.42 Å². The van der Waals surface area contributed by atoms with Crippen molar-refractivity contribution in [2.45, 2.75) is 13.1 Å². The molecule has 21 heavy (non-hydrogen) atoms. The number of para-hydroxylation sites is 1. The highest BCUT2D eigenvalue weighted by atomic mass is 79.9. The minimum Gasteiger partial charge on any atom is -0.478 e. The summed E-state index contributed by atoms with van der Waals surface area (Å²) in [7, 11) is 0. The Bertz CT molecular complexity index is 793. The molecule has 0 amide bonds. The van der Waals surface area contributed by atoms with Crippen LogP contribution < -0.4 is 5.32 Å². The van der Waals surface area contributed by atoms with Crippen LogP contribution in [0.5, 0.6) is 0 Å². The van der Waals surface area contributed by atoms with Gasteiger partial charge in [-0.3, -0.25) is 0 Å². The molecule has 0 atom stereocenters. The molecule has 0 aliphatic carbocycles. The largest absolute Gasteiger partial charge is 0.478 e. The Balaban J connectivity index is 1.82. The van der Waals surface area contributed by atoms with Crippen molar-refractivity contribution in [1.29, 1.82) is 0 Å². The van der Waals surface area contributed by atoms with Crippen LogP contribution in [-0.4, -0.2) is 11.1 Å². The fourth-order valence-electron chi connectivity index (χ4n) is 2.20. The molecule has 2 N–H and O–H groups in total. The van der Waals surface area contributed by atoms with Crippen molar-refractivity contribution in [1.82, 2.24) is 5.32 Å². The van der Waals surface area contributed by atoms with Gasteiger partial charge in [-0.1, -0.05) is 18.2 Å². The number of carbonyl (C=O) groups is 1. The highest BCUT2D eigenvalue weighted by Gasteiger charge is 2.19. The highest BCUT2D eigenvalue weighted by Crippen LogP contribution is 2.26. The van der Waals surface area contributed by atoms with Gasteiger partial charge in [0, 0.05) is 21.3 Å². The van der Waals surface area contributed by atoms with Crippen molar-refractivity contribution in [2.24, 2.45) is 0 Å². The van der Waals surface area contributed by atoms with Crippen molar-refractivity contribution >= 4 is 44.2 Å². The molecule has 6 heteroatoms. The molecule has 0 radical (unpaired) electrons. The first kappa shape index (κ1) is 14.3. The fraction of sp³-hybridized carbons (Fsp3) is 0.133. The molecule has 0 aliphatic heterocycles. The van der Waals surface area contributed by atoms with Gasteiger partial charge < -0.3 is 14.8 Å². The Morgan fingerprint density at radius 2 is 2.10 bits per heavy atom. The molecule has 0 saturated carbocycles. The van der Waals surface area contributed by atoms with Gasteiger partial charge in [-0.05, 0) is 33.4 Å². The number of furan rings is 1. The SMILES string of the molecule is O=C(O)c1c(CNCc2sccc2Br)oc2ccccc12. The lowest BCUT2D eigenvalue weighted by atomic mass is 10.1. The Labute approximate surface area is 133 Å². The monoisotopic (exact) mass is 365 g/mol. The summed E-state index contributed by atoms with van der Waals surface area (Å²) in [6.45, 7) is 1.04. The van der Waals surface area contributed by atoms with Gasteiger partial charge in [0.25, 0.3) is 0 Å². The maximum atomic E-state index is 11.4. The van der Waals surface area contributed by atoms with Crippen molar-refractivity contribution in [3.63, 3.8) is 0 Å². The topological polar surface area (TPSA) is 62.5 Å². The molecule has 0 bridgehead atoms. The highest BCUT2D eigenvalue weighted by molar-refractivity contribution is 9.10. The van der Waals surface area contributed by atoms with Gasteiger partial charge in [0.15, 0.2) is 0 Å². The zero-order valence-electron chi connectivity index (χ0n) is 10.9. The summed E-state index contributed by atoms with van der Waals surface area (Å²) in [5, 5.41) is 15.3. The Morgan fingerprint density at radius 1 is 1.29 bits per heavy atom. The van der Waals surface area contributed by atoms with Gasteiger partial charge in [0.05, 0.1) is 6.54 Å². The van der Waals surface area contributed by atoms with Crippen LogP contribution in [0.25, 0.3) is 11.0 Å². The lowest BCUT2D eigenvalue weighted by molar-refractivity contribution is 0.0696. The van der Waals surface area contributed by atoms with E-state index in [0.29, 0.717) is 29.8 Å². The first-order chi connectivity index (χ1) is 10.2. The van der Waals surface area contributed by atoms with Crippen LogP contribution in [0.2, 0.25) is 0 Å². The summed E-state index contributed by atoms with van der Waals surface area (Å²) in [6.07, 6.45) is 0. The second-order valence-electron chi connectivity index (χ2n) is 4.50. The predicted octanol–water partition coefficient (Wildman–Crippen LogP) is 4.24. The van der Waals surface area contributed by atoms with Gasteiger partial charge in [-0.15, -0.1) is 11.3 Å². The van der Waals surface area contributed by atoms with E-state index < -0.39 is 5.97 Å². The summed E-state index contributed by atoms with van der Waals surface area (Å²) < 4.78 is 6.72. The third-order valence-corrected chi connectivity index (χ3v) is 5.07. The Morgan fingerprint density at radius 3 is 2.81 bits per heavy atom. The van der Waals surface area contributed by atoms with Crippen LogP contribution in [0.1, 0.15) is 21.0 Å². The predicted molar refractivity (Wildman–Crippen MR) is 85.7 cm³/mol. The van der Waals surface area contributed by atoms with Crippen LogP contribution in [0, 0.1) is 0 Å². The van der Waals surface area contributed by atoms with E-state index in [-0.39, 0.29) is 5.56 Å². The molecule has 3 rings (SSSR count). The number of aromatic carboxylic acids is 1. The number of halogens is 1. The van der Waals surface area contributed by atoms with Gasteiger partial charge in [0.1, 0.15) is 16.9 Å². The normalized spacial score (nSPS) is 11.1. The first-order valence-corrected chi connectivity index (χ1v) is 8.00. The average molecular weight is 366 g/mol. The summed E-state index contributed by atoms with van der Waals surface area (Å²) in [5.41, 5.74) is 0.840. The number of benzene rings is 1. The lowest BCUT2D eigenvalue weighted by Crippen LogP contribution is -2.14. The molecule has 1 aromatic carbocycles. The van der Waals surface area contributed by atoms with Crippen molar-refractivity contribution in [3.8, 4) is 0 Å². The molecule has 0 saturated heterocycles. The number of carboxylic acids is 1. The van der Waals surface area contributed by atoms with E-state index in [2.05, 4.69) is 21.2 Å². The quantitative estimate of drug-likeness (QED) is 0.709. The lowest BCUT2D eigenvalue weighted by Gasteiger charge is -2.02. The molecule has 0 spiro atoms. The van der Waals surface area contributed by atoms with Crippen LogP contribution >= 0.6 is 27.3 Å². The summed E-state index contributed by atoms with van der Waals surface area (Å²) >= 11 is 5.12. The number of nitrogens with one attached hydrogen (secondary N) is 1. The standard InChI is InChI=1S/C15H12BrNO3S/c16-10-5-6-21-13(10)8-17-7-12-14(15(18)19)9-3-1-2-4-11(9)20-12/h1-6,17H,7-8H2,(H,18,19). The zero-order valence-corrected chi connectivity index (χ0v) is 13.3. The summed E-state index contributed by atoms with van der Waals surface area (Å²) in [4.78, 5) is 12.6. The molecule has 0 aliphatic rings. The van der Waals surface area contributed by atoms with Gasteiger partial charge in [0.2, 0.25) is 0 Å². The molecule has 108 valence electrons. The average Bonchev–Trinajstić information content (AvgIpc) is 3.02. The number of thiophene rings is 1. The maximum absolute atomic E-state index is 11.4. The number of hydrogen-bond acceptors (Lipinski definition) is 4. The van der Waals surface area contributed by atoms with E-state index >= 15 is 0 Å². The first-order valence-electron chi connectivity index (χ1n) is 6.33. The minimum atomic E-state index is -0.964. The number of hydrogen-bond donors (Lipinski definition) is 2. The molecular formula is C15H12BrNO3S. The number of rotatable bonds is 5. The third kappa shape index (κ3) is 2.88. The second-order valence-corrected chi connectivity index (χ2v) is 6.35. The Kier molecular flexibility index (Phi) is 4.10. The van der Waals surface area contributed by atoms with E-state index in [1.54, 1.807) is 23.5 Å². The number of carboxylic acid groups (broad SMARTS) is 1. The third-order valence-electron chi connectivity index (χ3n) is 3.14. The summed E-state index contributed by atoms with van der Waals surface area (Å²) in [6, 6.07) is 9.18. The molecule has 2 heterocycles. The fourth-order valence-corrected chi connectivity index (χ4v) is 3.66. The van der Waals surface area contributed by atoms with Gasteiger partial charge >= 0.3 is 5.97 Å².